The lowest BCUT2D eigenvalue weighted by Crippen LogP contribution is -2.51. The Balaban J connectivity index is 1.77. The second-order valence-corrected chi connectivity index (χ2v) is 8.17. The van der Waals surface area contributed by atoms with Crippen molar-refractivity contribution in [2.24, 2.45) is 5.92 Å². The predicted octanol–water partition coefficient (Wildman–Crippen LogP) is 3.19. The average Bonchev–Trinajstić information content (AvgIpc) is 2.92. The van der Waals surface area contributed by atoms with E-state index in [1.807, 2.05) is 11.3 Å². The minimum atomic E-state index is 0.0877. The van der Waals surface area contributed by atoms with Gasteiger partial charge in [-0.1, -0.05) is 19.8 Å². The van der Waals surface area contributed by atoms with Crippen molar-refractivity contribution >= 4 is 11.3 Å². The van der Waals surface area contributed by atoms with Crippen molar-refractivity contribution in [2.75, 3.05) is 26.2 Å². The molecule has 0 amide bonds. The van der Waals surface area contributed by atoms with E-state index in [2.05, 4.69) is 31.0 Å². The minimum Gasteiger partial charge on any atom is -0.314 e. The van der Waals surface area contributed by atoms with Crippen LogP contribution in [0, 0.1) is 5.92 Å². The second kappa shape index (κ2) is 6.35. The summed E-state index contributed by atoms with van der Waals surface area (Å²) in [6.07, 6.45) is 6.52. The fraction of sp³-hybridized carbons (Fsp3) is 0.824. The molecule has 1 atom stereocenters. The number of nitrogens with one attached hydrogen (secondary N) is 1. The van der Waals surface area contributed by atoms with Gasteiger partial charge in [-0.2, -0.15) is 0 Å². The molecule has 1 fully saturated rings. The molecule has 1 N–H and O–H groups in total. The van der Waals surface area contributed by atoms with Gasteiger partial charge >= 0.3 is 0 Å². The van der Waals surface area contributed by atoms with Crippen LogP contribution in [0.2, 0.25) is 0 Å². The van der Waals surface area contributed by atoms with Crippen molar-refractivity contribution in [3.63, 3.8) is 0 Å². The van der Waals surface area contributed by atoms with Crippen molar-refractivity contribution in [3.8, 4) is 0 Å². The Morgan fingerprint density at radius 2 is 2.10 bits per heavy atom. The fourth-order valence-corrected chi connectivity index (χ4v) is 5.07. The molecule has 1 saturated heterocycles. The van der Waals surface area contributed by atoms with Crippen LogP contribution in [0.4, 0.5) is 0 Å². The molecule has 1 aromatic rings. The van der Waals surface area contributed by atoms with Crippen molar-refractivity contribution in [1.82, 2.24) is 15.2 Å². The zero-order valence-electron chi connectivity index (χ0n) is 13.7. The second-order valence-electron chi connectivity index (χ2n) is 7.08. The molecule has 118 valence electrons. The molecule has 1 aliphatic carbocycles. The van der Waals surface area contributed by atoms with Gasteiger partial charge in [-0.05, 0) is 39.0 Å². The quantitative estimate of drug-likeness (QED) is 0.926. The molecule has 0 bridgehead atoms. The zero-order valence-corrected chi connectivity index (χ0v) is 14.6. The first-order valence-electron chi connectivity index (χ1n) is 8.56. The number of aromatic nitrogens is 1. The third-order valence-electron chi connectivity index (χ3n) is 5.17. The van der Waals surface area contributed by atoms with E-state index in [1.54, 1.807) is 4.88 Å². The first-order valence-corrected chi connectivity index (χ1v) is 9.37. The van der Waals surface area contributed by atoms with Gasteiger partial charge in [0.15, 0.2) is 0 Å². The van der Waals surface area contributed by atoms with Gasteiger partial charge < -0.3 is 5.32 Å². The summed E-state index contributed by atoms with van der Waals surface area (Å²) in [6.45, 7) is 11.5. The van der Waals surface area contributed by atoms with Gasteiger partial charge in [0.1, 0.15) is 5.01 Å². The summed E-state index contributed by atoms with van der Waals surface area (Å²) < 4.78 is 0. The van der Waals surface area contributed by atoms with Gasteiger partial charge in [0.2, 0.25) is 0 Å². The van der Waals surface area contributed by atoms with Crippen LogP contribution in [0.5, 0.6) is 0 Å². The molecule has 0 spiro atoms. The van der Waals surface area contributed by atoms with Crippen molar-refractivity contribution in [2.45, 2.75) is 58.4 Å². The van der Waals surface area contributed by atoms with Crippen LogP contribution >= 0.6 is 11.3 Å². The molecule has 0 saturated carbocycles. The largest absolute Gasteiger partial charge is 0.314 e. The Labute approximate surface area is 133 Å². The summed E-state index contributed by atoms with van der Waals surface area (Å²) in [7, 11) is 0. The van der Waals surface area contributed by atoms with Crippen LogP contribution in [0.15, 0.2) is 0 Å². The standard InChI is InChI=1S/C17H29N3S/c1-4-5-13-6-7-14-15(12-13)21-16(19-14)17(2,3)20-10-8-18-9-11-20/h13,18H,4-12H2,1-3H3. The molecule has 1 aliphatic heterocycles. The normalized spacial score (nSPS) is 24.0. The van der Waals surface area contributed by atoms with Crippen LogP contribution in [0.1, 0.15) is 55.6 Å². The molecule has 1 unspecified atom stereocenters. The van der Waals surface area contributed by atoms with Crippen molar-refractivity contribution < 1.29 is 0 Å². The maximum absolute atomic E-state index is 5.05. The molecule has 2 aliphatic rings. The molecule has 3 nitrogen and oxygen atoms in total. The van der Waals surface area contributed by atoms with Gasteiger partial charge in [0.25, 0.3) is 0 Å². The number of aryl methyl sites for hydroxylation is 1. The molecule has 4 heteroatoms. The summed E-state index contributed by atoms with van der Waals surface area (Å²) in [4.78, 5) is 9.22. The highest BCUT2D eigenvalue weighted by molar-refractivity contribution is 7.11. The smallest absolute Gasteiger partial charge is 0.113 e. The van der Waals surface area contributed by atoms with E-state index in [9.17, 15) is 0 Å². The molecular weight excluding hydrogens is 278 g/mol. The Hall–Kier alpha value is -0.450. The van der Waals surface area contributed by atoms with Crippen molar-refractivity contribution in [1.29, 1.82) is 0 Å². The van der Waals surface area contributed by atoms with Gasteiger partial charge in [0, 0.05) is 31.1 Å². The molecule has 21 heavy (non-hydrogen) atoms. The number of rotatable bonds is 4. The minimum absolute atomic E-state index is 0.0877. The van der Waals surface area contributed by atoms with E-state index >= 15 is 0 Å². The maximum Gasteiger partial charge on any atom is 0.113 e. The van der Waals surface area contributed by atoms with Crippen LogP contribution < -0.4 is 5.32 Å². The fourth-order valence-electron chi connectivity index (χ4n) is 3.72. The lowest BCUT2D eigenvalue weighted by molar-refractivity contribution is 0.102. The molecule has 0 aromatic carbocycles. The van der Waals surface area contributed by atoms with Gasteiger partial charge in [-0.25, -0.2) is 4.98 Å². The first kappa shape index (κ1) is 15.4. The average molecular weight is 308 g/mol. The van der Waals surface area contributed by atoms with Gasteiger partial charge in [-0.3, -0.25) is 4.90 Å². The van der Waals surface area contributed by atoms with Crippen molar-refractivity contribution in [3.05, 3.63) is 15.6 Å². The Kier molecular flexibility index (Phi) is 4.67. The number of fused-ring (bicyclic) bond motifs is 1. The summed E-state index contributed by atoms with van der Waals surface area (Å²) in [5, 5.41) is 4.79. The van der Waals surface area contributed by atoms with E-state index < -0.39 is 0 Å². The van der Waals surface area contributed by atoms with E-state index in [0.717, 1.165) is 32.1 Å². The molecular formula is C17H29N3S. The molecule has 1 aromatic heterocycles. The summed E-state index contributed by atoms with van der Waals surface area (Å²) >= 11 is 1.99. The number of piperazine rings is 1. The lowest BCUT2D eigenvalue weighted by atomic mass is 9.88. The number of hydrogen-bond donors (Lipinski definition) is 1. The SMILES string of the molecule is CCCC1CCc2nc(C(C)(C)N3CCNCC3)sc2C1. The third-order valence-corrected chi connectivity index (χ3v) is 6.60. The highest BCUT2D eigenvalue weighted by Gasteiger charge is 2.34. The van der Waals surface area contributed by atoms with E-state index in [-0.39, 0.29) is 5.54 Å². The highest BCUT2D eigenvalue weighted by Crippen LogP contribution is 2.37. The summed E-state index contributed by atoms with van der Waals surface area (Å²) in [5.74, 6) is 0.901. The zero-order chi connectivity index (χ0) is 14.9. The highest BCUT2D eigenvalue weighted by atomic mass is 32.1. The van der Waals surface area contributed by atoms with Crippen LogP contribution in [-0.4, -0.2) is 36.1 Å². The number of hydrogen-bond acceptors (Lipinski definition) is 4. The Morgan fingerprint density at radius 1 is 1.33 bits per heavy atom. The van der Waals surface area contributed by atoms with Gasteiger partial charge in [-0.15, -0.1) is 11.3 Å². The van der Waals surface area contributed by atoms with Crippen LogP contribution in [0.3, 0.4) is 0 Å². The maximum atomic E-state index is 5.05. The monoisotopic (exact) mass is 307 g/mol. The van der Waals surface area contributed by atoms with E-state index in [4.69, 9.17) is 4.98 Å². The summed E-state index contributed by atoms with van der Waals surface area (Å²) in [5.41, 5.74) is 1.50. The number of thiazole rings is 1. The lowest BCUT2D eigenvalue weighted by Gasteiger charge is -2.39. The van der Waals surface area contributed by atoms with E-state index in [1.165, 1.54) is 42.8 Å². The first-order chi connectivity index (χ1) is 10.1. The molecule has 2 heterocycles. The Morgan fingerprint density at radius 3 is 2.81 bits per heavy atom. The van der Waals surface area contributed by atoms with Crippen LogP contribution in [-0.2, 0) is 18.4 Å². The van der Waals surface area contributed by atoms with Crippen LogP contribution in [0.25, 0.3) is 0 Å². The molecule has 0 radical (unpaired) electrons. The van der Waals surface area contributed by atoms with E-state index in [0.29, 0.717) is 0 Å². The third kappa shape index (κ3) is 3.17. The Bertz CT molecular complexity index is 474. The molecule has 3 rings (SSSR count). The van der Waals surface area contributed by atoms with Gasteiger partial charge in [0.05, 0.1) is 11.2 Å². The number of nitrogens with zero attached hydrogens (tertiary/aromatic N) is 2. The predicted molar refractivity (Wildman–Crippen MR) is 90.0 cm³/mol. The summed E-state index contributed by atoms with van der Waals surface area (Å²) in [6, 6.07) is 0. The topological polar surface area (TPSA) is 28.2 Å².